The van der Waals surface area contributed by atoms with Crippen molar-refractivity contribution in [2.24, 2.45) is 5.92 Å². The molecule has 3 heteroatoms. The summed E-state index contributed by atoms with van der Waals surface area (Å²) in [5.41, 5.74) is -0.0618. The minimum Gasteiger partial charge on any atom is -0.396 e. The maximum atomic E-state index is 8.93. The largest absolute Gasteiger partial charge is 0.396 e. The first-order chi connectivity index (χ1) is 6.93. The second-order valence-corrected chi connectivity index (χ2v) is 5.03. The first-order valence-electron chi connectivity index (χ1n) is 5.82. The smallest absolute Gasteiger partial charge is 0.0634 e. The van der Waals surface area contributed by atoms with Gasteiger partial charge < -0.3 is 15.2 Å². The fraction of sp³-hybridized carbons (Fsp3) is 1.00. The lowest BCUT2D eigenvalue weighted by Crippen LogP contribution is -2.38. The van der Waals surface area contributed by atoms with Crippen LogP contribution in [0.4, 0.5) is 0 Å². The molecular formula is C12H27NO2. The van der Waals surface area contributed by atoms with E-state index in [1.807, 2.05) is 0 Å². The van der Waals surface area contributed by atoms with Gasteiger partial charge in [0.1, 0.15) is 0 Å². The van der Waals surface area contributed by atoms with Gasteiger partial charge in [0.15, 0.2) is 0 Å². The highest BCUT2D eigenvalue weighted by atomic mass is 16.5. The number of hydrogen-bond acceptors (Lipinski definition) is 3. The maximum Gasteiger partial charge on any atom is 0.0634 e. The van der Waals surface area contributed by atoms with Crippen molar-refractivity contribution in [2.75, 3.05) is 20.3 Å². The topological polar surface area (TPSA) is 41.5 Å². The molecule has 15 heavy (non-hydrogen) atoms. The van der Waals surface area contributed by atoms with Gasteiger partial charge in [-0.25, -0.2) is 0 Å². The molecule has 0 aliphatic carbocycles. The predicted molar refractivity (Wildman–Crippen MR) is 64.0 cm³/mol. The van der Waals surface area contributed by atoms with Crippen LogP contribution in [0.25, 0.3) is 0 Å². The summed E-state index contributed by atoms with van der Waals surface area (Å²) in [6.45, 7) is 9.72. The van der Waals surface area contributed by atoms with E-state index in [1.165, 1.54) is 0 Å². The van der Waals surface area contributed by atoms with Gasteiger partial charge in [-0.1, -0.05) is 13.8 Å². The Labute approximate surface area is 94.2 Å². The van der Waals surface area contributed by atoms with Crippen molar-refractivity contribution >= 4 is 0 Å². The molecule has 0 aromatic heterocycles. The summed E-state index contributed by atoms with van der Waals surface area (Å²) in [4.78, 5) is 0. The SMILES string of the molecule is COC(C)(C)CCNC(CCO)C(C)C. The molecule has 3 nitrogen and oxygen atoms in total. The van der Waals surface area contributed by atoms with Gasteiger partial charge in [-0.3, -0.25) is 0 Å². The van der Waals surface area contributed by atoms with E-state index in [0.717, 1.165) is 19.4 Å². The van der Waals surface area contributed by atoms with E-state index in [1.54, 1.807) is 7.11 Å². The zero-order valence-electron chi connectivity index (χ0n) is 10.8. The van der Waals surface area contributed by atoms with Crippen molar-refractivity contribution in [3.8, 4) is 0 Å². The van der Waals surface area contributed by atoms with E-state index >= 15 is 0 Å². The van der Waals surface area contributed by atoms with Gasteiger partial charge >= 0.3 is 0 Å². The Morgan fingerprint density at radius 3 is 2.33 bits per heavy atom. The molecule has 1 atom stereocenters. The van der Waals surface area contributed by atoms with E-state index in [4.69, 9.17) is 9.84 Å². The van der Waals surface area contributed by atoms with E-state index in [0.29, 0.717) is 12.0 Å². The zero-order chi connectivity index (χ0) is 11.9. The number of rotatable bonds is 8. The van der Waals surface area contributed by atoms with Crippen LogP contribution in [-0.2, 0) is 4.74 Å². The van der Waals surface area contributed by atoms with Gasteiger partial charge in [0.2, 0.25) is 0 Å². The zero-order valence-corrected chi connectivity index (χ0v) is 10.8. The van der Waals surface area contributed by atoms with Crippen molar-refractivity contribution in [3.05, 3.63) is 0 Å². The Kier molecular flexibility index (Phi) is 7.14. The molecule has 92 valence electrons. The van der Waals surface area contributed by atoms with Crippen LogP contribution in [0.3, 0.4) is 0 Å². The van der Waals surface area contributed by atoms with Crippen LogP contribution in [0.2, 0.25) is 0 Å². The lowest BCUT2D eigenvalue weighted by atomic mass is 10.00. The van der Waals surface area contributed by atoms with Gasteiger partial charge in [-0.05, 0) is 39.2 Å². The van der Waals surface area contributed by atoms with Crippen LogP contribution in [0.15, 0.2) is 0 Å². The molecule has 0 aromatic rings. The monoisotopic (exact) mass is 217 g/mol. The summed E-state index contributed by atoms with van der Waals surface area (Å²) in [5, 5.41) is 12.4. The number of aliphatic hydroxyl groups is 1. The summed E-state index contributed by atoms with van der Waals surface area (Å²) in [6, 6.07) is 0.405. The van der Waals surface area contributed by atoms with Crippen molar-refractivity contribution < 1.29 is 9.84 Å². The Morgan fingerprint density at radius 2 is 1.93 bits per heavy atom. The minimum absolute atomic E-state index is 0.0618. The summed E-state index contributed by atoms with van der Waals surface area (Å²) in [5.74, 6) is 0.558. The van der Waals surface area contributed by atoms with E-state index in [9.17, 15) is 0 Å². The van der Waals surface area contributed by atoms with Crippen molar-refractivity contribution in [3.63, 3.8) is 0 Å². The number of nitrogens with one attached hydrogen (secondary N) is 1. The van der Waals surface area contributed by atoms with Crippen LogP contribution < -0.4 is 5.32 Å². The van der Waals surface area contributed by atoms with Crippen molar-refractivity contribution in [1.29, 1.82) is 0 Å². The fourth-order valence-corrected chi connectivity index (χ4v) is 1.47. The van der Waals surface area contributed by atoms with Crippen LogP contribution in [0, 0.1) is 5.92 Å². The average Bonchev–Trinajstić information content (AvgIpc) is 2.16. The van der Waals surface area contributed by atoms with Crippen LogP contribution in [-0.4, -0.2) is 37.0 Å². The summed E-state index contributed by atoms with van der Waals surface area (Å²) < 4.78 is 5.35. The lowest BCUT2D eigenvalue weighted by molar-refractivity contribution is 0.0148. The molecule has 0 radical (unpaired) electrons. The first kappa shape index (κ1) is 14.9. The minimum atomic E-state index is -0.0618. The maximum absolute atomic E-state index is 8.93. The summed E-state index contributed by atoms with van der Waals surface area (Å²) in [7, 11) is 1.74. The van der Waals surface area contributed by atoms with Crippen LogP contribution >= 0.6 is 0 Å². The highest BCUT2D eigenvalue weighted by Crippen LogP contribution is 2.12. The highest BCUT2D eigenvalue weighted by Gasteiger charge is 2.17. The Hall–Kier alpha value is -0.120. The molecular weight excluding hydrogens is 190 g/mol. The van der Waals surface area contributed by atoms with Crippen molar-refractivity contribution in [2.45, 2.75) is 52.2 Å². The molecule has 0 heterocycles. The average molecular weight is 217 g/mol. The van der Waals surface area contributed by atoms with E-state index in [-0.39, 0.29) is 12.2 Å². The molecule has 0 saturated carbocycles. The van der Waals surface area contributed by atoms with E-state index in [2.05, 4.69) is 33.0 Å². The van der Waals surface area contributed by atoms with Gasteiger partial charge in [-0.2, -0.15) is 0 Å². The Morgan fingerprint density at radius 1 is 1.33 bits per heavy atom. The third-order valence-electron chi connectivity index (χ3n) is 2.93. The Balaban J connectivity index is 3.80. The lowest BCUT2D eigenvalue weighted by Gasteiger charge is -2.26. The standard InChI is InChI=1S/C12H27NO2/c1-10(2)11(6-9-14)13-8-7-12(3,4)15-5/h10-11,13-14H,6-9H2,1-5H3. The quantitative estimate of drug-likeness (QED) is 0.651. The number of aliphatic hydroxyl groups excluding tert-OH is 1. The molecule has 0 bridgehead atoms. The molecule has 0 amide bonds. The van der Waals surface area contributed by atoms with Crippen LogP contribution in [0.1, 0.15) is 40.5 Å². The normalized spacial score (nSPS) is 14.6. The number of ether oxygens (including phenoxy) is 1. The molecule has 0 aliphatic heterocycles. The van der Waals surface area contributed by atoms with Gasteiger partial charge in [0.05, 0.1) is 5.60 Å². The highest BCUT2D eigenvalue weighted by molar-refractivity contribution is 4.74. The Bertz CT molecular complexity index is 158. The third kappa shape index (κ3) is 6.88. The second kappa shape index (κ2) is 7.20. The molecule has 2 N–H and O–H groups in total. The third-order valence-corrected chi connectivity index (χ3v) is 2.93. The molecule has 0 saturated heterocycles. The number of hydrogen-bond donors (Lipinski definition) is 2. The molecule has 0 rings (SSSR count). The van der Waals surface area contributed by atoms with Gasteiger partial charge in [0.25, 0.3) is 0 Å². The molecule has 1 unspecified atom stereocenters. The second-order valence-electron chi connectivity index (χ2n) is 5.03. The molecule has 0 fully saturated rings. The predicted octanol–water partition coefficient (Wildman–Crippen LogP) is 1.80. The number of methoxy groups -OCH3 is 1. The summed E-state index contributed by atoms with van der Waals surface area (Å²) >= 11 is 0. The van der Waals surface area contributed by atoms with Crippen LogP contribution in [0.5, 0.6) is 0 Å². The summed E-state index contributed by atoms with van der Waals surface area (Å²) in [6.07, 6.45) is 1.81. The van der Waals surface area contributed by atoms with Gasteiger partial charge in [0, 0.05) is 19.8 Å². The molecule has 0 spiro atoms. The van der Waals surface area contributed by atoms with Crippen molar-refractivity contribution in [1.82, 2.24) is 5.32 Å². The van der Waals surface area contributed by atoms with E-state index < -0.39 is 0 Å². The molecule has 0 aliphatic rings. The van der Waals surface area contributed by atoms with Gasteiger partial charge in [-0.15, -0.1) is 0 Å². The molecule has 0 aromatic carbocycles. The fourth-order valence-electron chi connectivity index (χ4n) is 1.47. The first-order valence-corrected chi connectivity index (χ1v) is 5.82.